The van der Waals surface area contributed by atoms with Crippen LogP contribution in [0.1, 0.15) is 84.6 Å². The number of nitrogens with one attached hydrogen (secondary N) is 1. The molecule has 4 saturated heterocycles. The molecule has 4 aliphatic heterocycles. The second kappa shape index (κ2) is 13.4. The van der Waals surface area contributed by atoms with Gasteiger partial charge in [-0.3, -0.25) is 24.0 Å². The fourth-order valence-electron chi connectivity index (χ4n) is 8.07. The maximum atomic E-state index is 13.2. The van der Waals surface area contributed by atoms with Gasteiger partial charge in [-0.2, -0.15) is 0 Å². The number of piperidine rings is 4. The minimum absolute atomic E-state index is 0.167. The zero-order valence-corrected chi connectivity index (χ0v) is 28.1. The first kappa shape index (κ1) is 32.6. The van der Waals surface area contributed by atoms with Crippen molar-refractivity contribution < 1.29 is 19.1 Å². The van der Waals surface area contributed by atoms with Crippen LogP contribution in [0, 0.1) is 17.8 Å². The maximum Gasteiger partial charge on any atom is 0.410 e. The van der Waals surface area contributed by atoms with Gasteiger partial charge in [0.2, 0.25) is 11.8 Å². The van der Waals surface area contributed by atoms with E-state index in [0.717, 1.165) is 80.4 Å². The summed E-state index contributed by atoms with van der Waals surface area (Å²) in [6.45, 7) is 13.0. The molecule has 2 aromatic rings. The van der Waals surface area contributed by atoms with Crippen LogP contribution in [0.15, 0.2) is 23.0 Å². The van der Waals surface area contributed by atoms with Crippen molar-refractivity contribution >= 4 is 34.6 Å². The Kier molecular flexibility index (Phi) is 9.50. The summed E-state index contributed by atoms with van der Waals surface area (Å²) >= 11 is 0. The van der Waals surface area contributed by atoms with Gasteiger partial charge in [0.15, 0.2) is 0 Å². The zero-order valence-electron chi connectivity index (χ0n) is 28.1. The van der Waals surface area contributed by atoms with Gasteiger partial charge < -0.3 is 19.4 Å². The van der Waals surface area contributed by atoms with E-state index in [9.17, 15) is 19.2 Å². The summed E-state index contributed by atoms with van der Waals surface area (Å²) in [7, 11) is 1.75. The largest absolute Gasteiger partial charge is 0.444 e. The van der Waals surface area contributed by atoms with Gasteiger partial charge >= 0.3 is 11.8 Å². The molecule has 4 aliphatic rings. The number of amides is 3. The van der Waals surface area contributed by atoms with Crippen molar-refractivity contribution in [2.24, 2.45) is 24.8 Å². The number of likely N-dealkylation sites (tertiary alicyclic amines) is 2. The molecule has 1 unspecified atom stereocenters. The lowest BCUT2D eigenvalue weighted by molar-refractivity contribution is -0.135. The number of imidazole rings is 1. The summed E-state index contributed by atoms with van der Waals surface area (Å²) in [5.74, 6) is 1.53. The van der Waals surface area contributed by atoms with Crippen LogP contribution in [-0.2, 0) is 21.4 Å². The molecule has 1 aromatic carbocycles. The lowest BCUT2D eigenvalue weighted by Crippen LogP contribution is -2.44. The van der Waals surface area contributed by atoms with E-state index < -0.39 is 17.6 Å². The Morgan fingerprint density at radius 2 is 1.48 bits per heavy atom. The lowest BCUT2D eigenvalue weighted by Gasteiger charge is -2.39. The van der Waals surface area contributed by atoms with Gasteiger partial charge in [0.1, 0.15) is 11.6 Å². The Morgan fingerprint density at radius 1 is 0.848 bits per heavy atom. The first-order valence-electron chi connectivity index (χ1n) is 17.4. The Morgan fingerprint density at radius 3 is 2.11 bits per heavy atom. The van der Waals surface area contributed by atoms with E-state index in [1.54, 1.807) is 16.2 Å². The lowest BCUT2D eigenvalue weighted by atomic mass is 9.82. The van der Waals surface area contributed by atoms with E-state index in [2.05, 4.69) is 27.2 Å². The van der Waals surface area contributed by atoms with E-state index >= 15 is 0 Å². The molecular weight excluding hydrogens is 584 g/mol. The van der Waals surface area contributed by atoms with Crippen LogP contribution >= 0.6 is 0 Å². The van der Waals surface area contributed by atoms with Crippen molar-refractivity contribution in [2.75, 3.05) is 50.7 Å². The number of hydrogen-bond acceptors (Lipinski definition) is 7. The van der Waals surface area contributed by atoms with Gasteiger partial charge in [-0.25, -0.2) is 9.59 Å². The van der Waals surface area contributed by atoms with E-state index in [1.165, 1.54) is 38.9 Å². The minimum Gasteiger partial charge on any atom is -0.444 e. The number of hydrogen-bond donors (Lipinski definition) is 1. The van der Waals surface area contributed by atoms with Crippen molar-refractivity contribution in [1.82, 2.24) is 24.3 Å². The molecule has 1 atom stereocenters. The summed E-state index contributed by atoms with van der Waals surface area (Å²) in [5.41, 5.74) is 1.99. The van der Waals surface area contributed by atoms with Crippen LogP contribution in [0.3, 0.4) is 0 Å². The van der Waals surface area contributed by atoms with E-state index in [-0.39, 0.29) is 24.1 Å². The van der Waals surface area contributed by atoms with Crippen LogP contribution in [0.5, 0.6) is 0 Å². The van der Waals surface area contributed by atoms with Crippen LogP contribution in [0.2, 0.25) is 0 Å². The molecular formula is C35H52N6O5. The highest BCUT2D eigenvalue weighted by Gasteiger charge is 2.33. The second-order valence-electron chi connectivity index (χ2n) is 15.2. The SMILES string of the molecule is Cn1c(=O)n(C2CCC(=O)NC2=O)c2ccc(N3CCC(CN4CCC(CC5CCN(C(=O)OC(C)(C)C)CC5)CC4)CC3)cc21. The smallest absolute Gasteiger partial charge is 0.410 e. The molecule has 0 aliphatic carbocycles. The number of carbonyl (C=O) groups excluding carboxylic acids is 3. The quantitative estimate of drug-likeness (QED) is 0.472. The Hall–Kier alpha value is -3.34. The van der Waals surface area contributed by atoms with Crippen LogP contribution in [0.4, 0.5) is 10.5 Å². The number of fused-ring (bicyclic) bond motifs is 1. The molecule has 11 heteroatoms. The monoisotopic (exact) mass is 636 g/mol. The van der Waals surface area contributed by atoms with Crippen molar-refractivity contribution in [3.05, 3.63) is 28.7 Å². The highest BCUT2D eigenvalue weighted by atomic mass is 16.6. The number of benzene rings is 1. The fourth-order valence-corrected chi connectivity index (χ4v) is 8.07. The molecule has 46 heavy (non-hydrogen) atoms. The molecule has 0 spiro atoms. The standard InChI is InChI=1S/C35H52N6O5/c1-35(2,3)46-34(45)40-19-11-25(12-20-40)21-24-9-15-38(16-10-24)23-26-13-17-39(18-14-26)27-5-6-28-30(22-27)37(4)33(44)41(28)29-7-8-31(42)36-32(29)43/h5-6,22,24-26,29H,7-21,23H2,1-4H3,(H,36,42,43). The van der Waals surface area contributed by atoms with Crippen molar-refractivity contribution in [3.63, 3.8) is 0 Å². The Labute approximate surface area is 272 Å². The molecule has 252 valence electrons. The normalized spacial score (nSPS) is 23.3. The second-order valence-corrected chi connectivity index (χ2v) is 15.2. The number of anilines is 1. The van der Waals surface area contributed by atoms with E-state index in [4.69, 9.17) is 4.74 Å². The number of aryl methyl sites for hydroxylation is 1. The molecule has 5 heterocycles. The van der Waals surface area contributed by atoms with Crippen molar-refractivity contribution in [3.8, 4) is 0 Å². The summed E-state index contributed by atoms with van der Waals surface area (Å²) in [5, 5.41) is 2.38. The molecule has 4 fully saturated rings. The molecule has 6 rings (SSSR count). The molecule has 3 amide bonds. The van der Waals surface area contributed by atoms with Crippen LogP contribution < -0.4 is 15.9 Å². The van der Waals surface area contributed by atoms with E-state index in [1.807, 2.05) is 31.7 Å². The third kappa shape index (κ3) is 7.29. The zero-order chi connectivity index (χ0) is 32.6. The van der Waals surface area contributed by atoms with Crippen molar-refractivity contribution in [1.29, 1.82) is 0 Å². The van der Waals surface area contributed by atoms with Crippen LogP contribution in [-0.4, -0.2) is 88.3 Å². The molecule has 0 bridgehead atoms. The predicted octanol–water partition coefficient (Wildman–Crippen LogP) is 4.28. The topological polar surface area (TPSA) is 109 Å². The first-order valence-corrected chi connectivity index (χ1v) is 17.4. The third-order valence-corrected chi connectivity index (χ3v) is 10.7. The Balaban J connectivity index is 0.947. The van der Waals surface area contributed by atoms with Gasteiger partial charge in [-0.05, 0) is 121 Å². The molecule has 11 nitrogen and oxygen atoms in total. The number of imide groups is 1. The fraction of sp³-hybridized carbons (Fsp3) is 0.714. The number of ether oxygens (including phenoxy) is 1. The highest BCUT2D eigenvalue weighted by molar-refractivity contribution is 6.00. The molecule has 0 saturated carbocycles. The minimum atomic E-state index is -0.662. The highest BCUT2D eigenvalue weighted by Crippen LogP contribution is 2.33. The summed E-state index contributed by atoms with van der Waals surface area (Å²) in [6, 6.07) is 5.43. The van der Waals surface area contributed by atoms with Gasteiger partial charge in [0, 0.05) is 51.9 Å². The van der Waals surface area contributed by atoms with Crippen LogP contribution in [0.25, 0.3) is 11.0 Å². The first-order chi connectivity index (χ1) is 21.9. The maximum absolute atomic E-state index is 13.2. The predicted molar refractivity (Wildman–Crippen MR) is 178 cm³/mol. The third-order valence-electron chi connectivity index (χ3n) is 10.7. The van der Waals surface area contributed by atoms with Gasteiger partial charge in [0.25, 0.3) is 0 Å². The van der Waals surface area contributed by atoms with E-state index in [0.29, 0.717) is 12.3 Å². The average molecular weight is 637 g/mol. The number of aromatic nitrogens is 2. The summed E-state index contributed by atoms with van der Waals surface area (Å²) in [4.78, 5) is 56.7. The Bertz CT molecular complexity index is 1480. The number of nitrogens with zero attached hydrogens (tertiary/aromatic N) is 5. The van der Waals surface area contributed by atoms with Crippen molar-refractivity contribution in [2.45, 2.75) is 90.2 Å². The molecule has 1 aromatic heterocycles. The number of carbonyl (C=O) groups is 3. The summed E-state index contributed by atoms with van der Waals surface area (Å²) < 4.78 is 8.73. The van der Waals surface area contributed by atoms with Gasteiger partial charge in [-0.15, -0.1) is 0 Å². The summed E-state index contributed by atoms with van der Waals surface area (Å²) in [6.07, 6.45) is 8.76. The molecule has 1 N–H and O–H groups in total. The van der Waals surface area contributed by atoms with Gasteiger partial charge in [0.05, 0.1) is 11.0 Å². The average Bonchev–Trinajstić information content (AvgIpc) is 3.26. The molecule has 0 radical (unpaired) electrons. The van der Waals surface area contributed by atoms with Gasteiger partial charge in [-0.1, -0.05) is 0 Å². The number of rotatable bonds is 6.